The predicted octanol–water partition coefficient (Wildman–Crippen LogP) is 2.56. The summed E-state index contributed by atoms with van der Waals surface area (Å²) in [6.45, 7) is 12.4. The predicted molar refractivity (Wildman–Crippen MR) is 59.5 cm³/mol. The van der Waals surface area contributed by atoms with E-state index in [4.69, 9.17) is 0 Å². The van der Waals surface area contributed by atoms with E-state index in [1.165, 1.54) is 13.0 Å². The Hall–Kier alpha value is -0.0800. The zero-order valence-electron chi connectivity index (χ0n) is 10.1. The molecule has 0 amide bonds. The van der Waals surface area contributed by atoms with Crippen LogP contribution in [-0.4, -0.2) is 32.2 Å². The fourth-order valence-corrected chi connectivity index (χ4v) is 0.731. The molecule has 0 saturated heterocycles. The molecule has 0 rings (SSSR count). The summed E-state index contributed by atoms with van der Waals surface area (Å²) in [6, 6.07) is 0. The van der Waals surface area contributed by atoms with Gasteiger partial charge in [0.25, 0.3) is 0 Å². The van der Waals surface area contributed by atoms with Gasteiger partial charge in [0.1, 0.15) is 0 Å². The van der Waals surface area contributed by atoms with Gasteiger partial charge in [0.15, 0.2) is 0 Å². The van der Waals surface area contributed by atoms with Gasteiger partial charge in [0.05, 0.1) is 0 Å². The lowest BCUT2D eigenvalue weighted by molar-refractivity contribution is 0.318. The van der Waals surface area contributed by atoms with Crippen molar-refractivity contribution in [2.24, 2.45) is 0 Å². The minimum Gasteiger partial charge on any atom is -0.307 e. The first-order valence-electron chi connectivity index (χ1n) is 5.14. The minimum absolute atomic E-state index is 0.994. The van der Waals surface area contributed by atoms with Gasteiger partial charge in [-0.1, -0.05) is 34.6 Å². The number of rotatable bonds is 4. The molecule has 0 aromatic rings. The maximum absolute atomic E-state index is 3.08. The van der Waals surface area contributed by atoms with Crippen molar-refractivity contribution in [1.82, 2.24) is 10.2 Å². The van der Waals surface area contributed by atoms with E-state index in [0.29, 0.717) is 0 Å². The topological polar surface area (TPSA) is 15.3 Å². The third-order valence-corrected chi connectivity index (χ3v) is 1.03. The molecule has 0 aromatic carbocycles. The van der Waals surface area contributed by atoms with Crippen LogP contribution >= 0.6 is 0 Å². The molecule has 0 heterocycles. The Bertz CT molecular complexity index is 41.1. The van der Waals surface area contributed by atoms with Crippen molar-refractivity contribution in [1.29, 1.82) is 0 Å². The summed E-state index contributed by atoms with van der Waals surface area (Å²) < 4.78 is 0. The molecule has 1 N–H and O–H groups in total. The van der Waals surface area contributed by atoms with Crippen molar-refractivity contribution < 1.29 is 0 Å². The van der Waals surface area contributed by atoms with E-state index in [1.54, 1.807) is 0 Å². The van der Waals surface area contributed by atoms with Crippen molar-refractivity contribution in [2.45, 2.75) is 41.0 Å². The second-order valence-electron chi connectivity index (χ2n) is 2.09. The van der Waals surface area contributed by atoms with Gasteiger partial charge in [0.2, 0.25) is 0 Å². The molecule has 0 fully saturated rings. The number of nitrogens with zero attached hydrogens (tertiary/aromatic N) is 1. The van der Waals surface area contributed by atoms with Gasteiger partial charge in [-0.2, -0.15) is 0 Å². The first kappa shape index (κ1) is 17.9. The molecule has 0 aromatic heterocycles. The molecule has 0 aliphatic carbocycles. The van der Waals surface area contributed by atoms with Crippen LogP contribution in [0.15, 0.2) is 0 Å². The van der Waals surface area contributed by atoms with Crippen LogP contribution in [0.5, 0.6) is 0 Å². The number of nitrogens with one attached hydrogen (secondary N) is 1. The molecule has 0 bridgehead atoms. The molecule has 0 atom stereocenters. The lowest BCUT2D eigenvalue weighted by Gasteiger charge is -2.13. The van der Waals surface area contributed by atoms with Crippen LogP contribution in [0.2, 0.25) is 0 Å². The van der Waals surface area contributed by atoms with Gasteiger partial charge < -0.3 is 5.32 Å². The Morgan fingerprint density at radius 2 is 1.50 bits per heavy atom. The Morgan fingerprint density at radius 1 is 1.08 bits per heavy atom. The summed E-state index contributed by atoms with van der Waals surface area (Å²) in [5, 5.41) is 3.08. The van der Waals surface area contributed by atoms with E-state index in [9.17, 15) is 0 Å². The van der Waals surface area contributed by atoms with Crippen molar-refractivity contribution in [3.05, 3.63) is 0 Å². The van der Waals surface area contributed by atoms with Crippen LogP contribution in [0.25, 0.3) is 0 Å². The number of hydrogen-bond donors (Lipinski definition) is 1. The molecule has 0 spiro atoms. The van der Waals surface area contributed by atoms with Crippen LogP contribution in [0.1, 0.15) is 41.0 Å². The molecule has 0 unspecified atom stereocenters. The van der Waals surface area contributed by atoms with Crippen molar-refractivity contribution >= 4 is 0 Å². The first-order chi connectivity index (χ1) is 5.81. The minimum atomic E-state index is 0.994. The third-order valence-electron chi connectivity index (χ3n) is 1.03. The number of hydrogen-bond acceptors (Lipinski definition) is 2. The molecule has 0 aliphatic heterocycles. The van der Waals surface area contributed by atoms with E-state index in [0.717, 1.165) is 6.67 Å². The lowest BCUT2D eigenvalue weighted by atomic mass is 10.5. The average Bonchev–Trinajstić information content (AvgIpc) is 2.12. The second kappa shape index (κ2) is 22.4. The van der Waals surface area contributed by atoms with Crippen LogP contribution < -0.4 is 5.32 Å². The highest BCUT2D eigenvalue weighted by Gasteiger charge is 1.89. The van der Waals surface area contributed by atoms with Crippen LogP contribution in [0, 0.1) is 0 Å². The van der Waals surface area contributed by atoms with E-state index < -0.39 is 0 Å². The molecular formula is C10H28N2. The third kappa shape index (κ3) is 22.5. The van der Waals surface area contributed by atoms with Crippen LogP contribution in [-0.2, 0) is 0 Å². The quantitative estimate of drug-likeness (QED) is 0.662. The maximum Gasteiger partial charge on any atom is 0.0475 e. The van der Waals surface area contributed by atoms with Crippen molar-refractivity contribution in [3.8, 4) is 0 Å². The normalized spacial score (nSPS) is 8.00. The van der Waals surface area contributed by atoms with Crippen molar-refractivity contribution in [3.63, 3.8) is 0 Å². The van der Waals surface area contributed by atoms with Gasteiger partial charge in [-0.25, -0.2) is 0 Å². The SMILES string of the molecule is CC.CC.CCCN(C)CNC. The molecule has 0 aliphatic rings. The molecule has 12 heavy (non-hydrogen) atoms. The largest absolute Gasteiger partial charge is 0.307 e. The highest BCUT2D eigenvalue weighted by molar-refractivity contribution is 4.43. The average molecular weight is 176 g/mol. The van der Waals surface area contributed by atoms with Crippen molar-refractivity contribution in [2.75, 3.05) is 27.3 Å². The second-order valence-corrected chi connectivity index (χ2v) is 2.09. The Labute approximate surface area is 79.3 Å². The summed E-state index contributed by atoms with van der Waals surface area (Å²) in [5.74, 6) is 0. The molecular weight excluding hydrogens is 148 g/mol. The van der Waals surface area contributed by atoms with E-state index in [-0.39, 0.29) is 0 Å². The van der Waals surface area contributed by atoms with Crippen LogP contribution in [0.4, 0.5) is 0 Å². The zero-order valence-corrected chi connectivity index (χ0v) is 10.1. The summed E-state index contributed by atoms with van der Waals surface area (Å²) in [4.78, 5) is 2.25. The highest BCUT2D eigenvalue weighted by Crippen LogP contribution is 1.80. The Morgan fingerprint density at radius 3 is 1.75 bits per heavy atom. The van der Waals surface area contributed by atoms with Gasteiger partial charge >= 0.3 is 0 Å². The molecule has 2 heteroatoms. The fourth-order valence-electron chi connectivity index (χ4n) is 0.731. The fraction of sp³-hybridized carbons (Fsp3) is 1.00. The first-order valence-corrected chi connectivity index (χ1v) is 5.14. The molecule has 2 nitrogen and oxygen atoms in total. The summed E-state index contributed by atoms with van der Waals surface area (Å²) in [6.07, 6.45) is 1.23. The smallest absolute Gasteiger partial charge is 0.0475 e. The summed E-state index contributed by atoms with van der Waals surface area (Å²) >= 11 is 0. The van der Waals surface area contributed by atoms with E-state index in [1.807, 2.05) is 34.7 Å². The standard InChI is InChI=1S/C6H16N2.2C2H6/c1-4-5-8(3)6-7-2;2*1-2/h7H,4-6H2,1-3H3;2*1-2H3. The van der Waals surface area contributed by atoms with E-state index >= 15 is 0 Å². The highest BCUT2D eigenvalue weighted by atomic mass is 15.2. The van der Waals surface area contributed by atoms with Gasteiger partial charge in [-0.15, -0.1) is 0 Å². The monoisotopic (exact) mass is 176 g/mol. The summed E-state index contributed by atoms with van der Waals surface area (Å²) in [5.41, 5.74) is 0. The van der Waals surface area contributed by atoms with Gasteiger partial charge in [-0.3, -0.25) is 4.90 Å². The van der Waals surface area contributed by atoms with Crippen LogP contribution in [0.3, 0.4) is 0 Å². The zero-order chi connectivity index (χ0) is 10.4. The Balaban J connectivity index is -0.000000175. The maximum atomic E-state index is 3.08. The van der Waals surface area contributed by atoms with Gasteiger partial charge in [-0.05, 0) is 27.1 Å². The Kier molecular flexibility index (Phi) is 33.4. The lowest BCUT2D eigenvalue weighted by Crippen LogP contribution is -2.28. The summed E-state index contributed by atoms with van der Waals surface area (Å²) in [7, 11) is 4.08. The molecule has 0 radical (unpaired) electrons. The van der Waals surface area contributed by atoms with E-state index in [2.05, 4.69) is 24.2 Å². The molecule has 78 valence electrons. The van der Waals surface area contributed by atoms with Gasteiger partial charge in [0, 0.05) is 6.67 Å². The molecule has 0 saturated carbocycles.